The predicted octanol–water partition coefficient (Wildman–Crippen LogP) is 3.96. The minimum Gasteiger partial charge on any atom is -0.493 e. The molecular formula is C16H15BrFNO. The molecule has 1 heterocycles. The van der Waals surface area contributed by atoms with Gasteiger partial charge in [0, 0.05) is 5.56 Å². The number of ether oxygens (including phenoxy) is 1. The van der Waals surface area contributed by atoms with E-state index >= 15 is 0 Å². The number of fused-ring (bicyclic) bond motifs is 1. The third-order valence-electron chi connectivity index (χ3n) is 3.62. The average molecular weight is 336 g/mol. The molecule has 1 unspecified atom stereocenters. The minimum atomic E-state index is -0.409. The van der Waals surface area contributed by atoms with Gasteiger partial charge in [-0.3, -0.25) is 0 Å². The van der Waals surface area contributed by atoms with Crippen molar-refractivity contribution in [3.63, 3.8) is 0 Å². The van der Waals surface area contributed by atoms with E-state index in [9.17, 15) is 4.39 Å². The van der Waals surface area contributed by atoms with Crippen molar-refractivity contribution in [3.05, 3.63) is 63.4 Å². The summed E-state index contributed by atoms with van der Waals surface area (Å²) in [5.74, 6) is 0.561. The lowest BCUT2D eigenvalue weighted by molar-refractivity contribution is 0.284. The van der Waals surface area contributed by atoms with Gasteiger partial charge in [-0.05, 0) is 46.0 Å². The second-order valence-corrected chi connectivity index (χ2v) is 5.70. The number of aryl methyl sites for hydroxylation is 1. The van der Waals surface area contributed by atoms with Crippen LogP contribution < -0.4 is 10.5 Å². The number of para-hydroxylation sites is 1. The van der Waals surface area contributed by atoms with Crippen molar-refractivity contribution in [2.75, 3.05) is 6.61 Å². The molecule has 3 rings (SSSR count). The third-order valence-corrected chi connectivity index (χ3v) is 4.45. The Morgan fingerprint density at radius 1 is 1.15 bits per heavy atom. The zero-order valence-electron chi connectivity index (χ0n) is 10.9. The summed E-state index contributed by atoms with van der Waals surface area (Å²) in [6.07, 6.45) is 2.02. The molecule has 104 valence electrons. The second kappa shape index (κ2) is 5.54. The fourth-order valence-electron chi connectivity index (χ4n) is 2.59. The van der Waals surface area contributed by atoms with Gasteiger partial charge in [-0.15, -0.1) is 0 Å². The highest BCUT2D eigenvalue weighted by Gasteiger charge is 2.21. The van der Waals surface area contributed by atoms with Crippen molar-refractivity contribution in [2.24, 2.45) is 5.73 Å². The van der Waals surface area contributed by atoms with Crippen LogP contribution in [0.2, 0.25) is 0 Å². The maximum atomic E-state index is 13.7. The van der Waals surface area contributed by atoms with E-state index in [2.05, 4.69) is 22.0 Å². The lowest BCUT2D eigenvalue weighted by Gasteiger charge is -2.24. The van der Waals surface area contributed by atoms with Gasteiger partial charge in [-0.25, -0.2) is 4.39 Å². The van der Waals surface area contributed by atoms with Crippen LogP contribution in [0, 0.1) is 5.82 Å². The summed E-state index contributed by atoms with van der Waals surface area (Å²) < 4.78 is 19.9. The molecular weight excluding hydrogens is 321 g/mol. The molecule has 2 N–H and O–H groups in total. The Hall–Kier alpha value is -1.39. The standard InChI is InChI=1S/C16H15BrFNO/c17-14-11(6-2-8-13(14)18)15(19)12-7-1-4-10-5-3-9-20-16(10)12/h1-2,4,6-8,15H,3,5,9,19H2. The third kappa shape index (κ3) is 2.34. The first-order chi connectivity index (χ1) is 9.68. The lowest BCUT2D eigenvalue weighted by Crippen LogP contribution is -2.18. The number of hydrogen-bond donors (Lipinski definition) is 1. The molecule has 2 aromatic carbocycles. The largest absolute Gasteiger partial charge is 0.493 e. The van der Waals surface area contributed by atoms with Crippen LogP contribution >= 0.6 is 15.9 Å². The van der Waals surface area contributed by atoms with Crippen molar-refractivity contribution in [1.82, 2.24) is 0 Å². The quantitative estimate of drug-likeness (QED) is 0.901. The van der Waals surface area contributed by atoms with Crippen LogP contribution in [-0.4, -0.2) is 6.61 Å². The van der Waals surface area contributed by atoms with Crippen LogP contribution in [0.1, 0.15) is 29.2 Å². The first kappa shape index (κ1) is 13.6. The molecule has 0 spiro atoms. The van der Waals surface area contributed by atoms with E-state index in [-0.39, 0.29) is 5.82 Å². The van der Waals surface area contributed by atoms with Crippen molar-refractivity contribution < 1.29 is 9.13 Å². The smallest absolute Gasteiger partial charge is 0.137 e. The predicted molar refractivity (Wildman–Crippen MR) is 80.4 cm³/mol. The molecule has 0 aromatic heterocycles. The second-order valence-electron chi connectivity index (χ2n) is 4.91. The highest BCUT2D eigenvalue weighted by atomic mass is 79.9. The summed E-state index contributed by atoms with van der Waals surface area (Å²) >= 11 is 3.28. The molecule has 1 atom stereocenters. The molecule has 0 amide bonds. The molecule has 1 aliphatic heterocycles. The zero-order valence-corrected chi connectivity index (χ0v) is 12.5. The SMILES string of the molecule is NC(c1cccc(F)c1Br)c1cccc2c1OCCC2. The average Bonchev–Trinajstić information content (AvgIpc) is 2.49. The zero-order chi connectivity index (χ0) is 14.1. The van der Waals surface area contributed by atoms with Crippen molar-refractivity contribution in [2.45, 2.75) is 18.9 Å². The maximum absolute atomic E-state index is 13.7. The summed E-state index contributed by atoms with van der Waals surface area (Å²) in [6.45, 7) is 0.709. The molecule has 1 aliphatic rings. The molecule has 0 fully saturated rings. The summed E-state index contributed by atoms with van der Waals surface area (Å²) in [5, 5.41) is 0. The van der Waals surface area contributed by atoms with Gasteiger partial charge in [0.25, 0.3) is 0 Å². The van der Waals surface area contributed by atoms with E-state index in [0.717, 1.165) is 29.7 Å². The summed E-state index contributed by atoms with van der Waals surface area (Å²) in [5.41, 5.74) is 9.15. The Kier molecular flexibility index (Phi) is 3.76. The number of benzene rings is 2. The van der Waals surface area contributed by atoms with Crippen LogP contribution in [0.25, 0.3) is 0 Å². The number of rotatable bonds is 2. The Balaban J connectivity index is 2.07. The topological polar surface area (TPSA) is 35.2 Å². The molecule has 4 heteroatoms. The van der Waals surface area contributed by atoms with Gasteiger partial charge in [0.1, 0.15) is 11.6 Å². The molecule has 0 saturated carbocycles. The molecule has 0 radical (unpaired) electrons. The molecule has 2 aromatic rings. The number of hydrogen-bond acceptors (Lipinski definition) is 2. The van der Waals surface area contributed by atoms with E-state index in [0.29, 0.717) is 11.1 Å². The number of nitrogens with two attached hydrogens (primary N) is 1. The van der Waals surface area contributed by atoms with Crippen LogP contribution in [0.5, 0.6) is 5.75 Å². The van der Waals surface area contributed by atoms with E-state index < -0.39 is 6.04 Å². The highest BCUT2D eigenvalue weighted by Crippen LogP contribution is 2.37. The van der Waals surface area contributed by atoms with Gasteiger partial charge in [0.15, 0.2) is 0 Å². The molecule has 20 heavy (non-hydrogen) atoms. The maximum Gasteiger partial charge on any atom is 0.137 e. The Morgan fingerprint density at radius 2 is 1.90 bits per heavy atom. The minimum absolute atomic E-state index is 0.302. The van der Waals surface area contributed by atoms with Crippen molar-refractivity contribution in [3.8, 4) is 5.75 Å². The van der Waals surface area contributed by atoms with E-state index in [1.54, 1.807) is 6.07 Å². The summed E-state index contributed by atoms with van der Waals surface area (Å²) in [6, 6.07) is 10.5. The van der Waals surface area contributed by atoms with Gasteiger partial charge < -0.3 is 10.5 Å². The molecule has 2 nitrogen and oxygen atoms in total. The van der Waals surface area contributed by atoms with Crippen LogP contribution in [0.4, 0.5) is 4.39 Å². The van der Waals surface area contributed by atoms with Gasteiger partial charge in [-0.1, -0.05) is 30.3 Å². The summed E-state index contributed by atoms with van der Waals surface area (Å²) in [4.78, 5) is 0. The van der Waals surface area contributed by atoms with Crippen LogP contribution in [-0.2, 0) is 6.42 Å². The van der Waals surface area contributed by atoms with E-state index in [4.69, 9.17) is 10.5 Å². The van der Waals surface area contributed by atoms with Crippen molar-refractivity contribution >= 4 is 15.9 Å². The Labute approximate surface area is 125 Å². The number of halogens is 2. The highest BCUT2D eigenvalue weighted by molar-refractivity contribution is 9.10. The monoisotopic (exact) mass is 335 g/mol. The van der Waals surface area contributed by atoms with E-state index in [1.807, 2.05) is 18.2 Å². The van der Waals surface area contributed by atoms with E-state index in [1.165, 1.54) is 11.6 Å². The Morgan fingerprint density at radius 3 is 2.75 bits per heavy atom. The lowest BCUT2D eigenvalue weighted by atomic mass is 9.94. The molecule has 0 aliphatic carbocycles. The fraction of sp³-hybridized carbons (Fsp3) is 0.250. The Bertz CT molecular complexity index is 644. The van der Waals surface area contributed by atoms with Gasteiger partial charge >= 0.3 is 0 Å². The first-order valence-corrected chi connectivity index (χ1v) is 7.42. The molecule has 0 saturated heterocycles. The molecule has 0 bridgehead atoms. The van der Waals surface area contributed by atoms with Crippen LogP contribution in [0.3, 0.4) is 0 Å². The normalized spacial score (nSPS) is 15.3. The van der Waals surface area contributed by atoms with Crippen molar-refractivity contribution in [1.29, 1.82) is 0 Å². The fourth-order valence-corrected chi connectivity index (χ4v) is 3.10. The van der Waals surface area contributed by atoms with Crippen LogP contribution in [0.15, 0.2) is 40.9 Å². The van der Waals surface area contributed by atoms with Gasteiger partial charge in [0.05, 0.1) is 17.1 Å². The van der Waals surface area contributed by atoms with Gasteiger partial charge in [0.2, 0.25) is 0 Å². The first-order valence-electron chi connectivity index (χ1n) is 6.62. The summed E-state index contributed by atoms with van der Waals surface area (Å²) in [7, 11) is 0. The van der Waals surface area contributed by atoms with Gasteiger partial charge in [-0.2, -0.15) is 0 Å².